The second kappa shape index (κ2) is 10.3. The van der Waals surface area contributed by atoms with Gasteiger partial charge in [-0.05, 0) is 42.3 Å². The van der Waals surface area contributed by atoms with Crippen LogP contribution in [-0.4, -0.2) is 41.3 Å². The molecule has 3 N–H and O–H groups in total. The zero-order valence-electron chi connectivity index (χ0n) is 21.1. The number of aromatic amines is 1. The number of amides is 2. The third-order valence-corrected chi connectivity index (χ3v) is 8.14. The molecule has 1 aliphatic carbocycles. The first-order valence-corrected chi connectivity index (χ1v) is 13.6. The topological polar surface area (TPSA) is 77.2 Å². The van der Waals surface area contributed by atoms with Gasteiger partial charge in [0.1, 0.15) is 0 Å². The molecule has 37 heavy (non-hydrogen) atoms. The molecule has 6 nitrogen and oxygen atoms in total. The summed E-state index contributed by atoms with van der Waals surface area (Å²) < 4.78 is 0. The summed E-state index contributed by atoms with van der Waals surface area (Å²) in [6.45, 7) is 2.48. The number of carbonyl (C=O) groups excluding carboxylic acids is 2. The zero-order valence-corrected chi connectivity index (χ0v) is 21.1. The van der Waals surface area contributed by atoms with Crippen LogP contribution < -0.4 is 10.6 Å². The van der Waals surface area contributed by atoms with Gasteiger partial charge in [0.25, 0.3) is 0 Å². The average molecular weight is 495 g/mol. The molecular formula is C31H34N4O2. The summed E-state index contributed by atoms with van der Waals surface area (Å²) in [7, 11) is 0. The number of anilines is 1. The fourth-order valence-electron chi connectivity index (χ4n) is 6.25. The molecule has 1 aliphatic heterocycles. The summed E-state index contributed by atoms with van der Waals surface area (Å²) in [6, 6.07) is 22.8. The molecule has 0 bridgehead atoms. The zero-order chi connectivity index (χ0) is 25.2. The van der Waals surface area contributed by atoms with Crippen LogP contribution in [0.3, 0.4) is 0 Å². The van der Waals surface area contributed by atoms with E-state index < -0.39 is 0 Å². The molecule has 0 saturated heterocycles. The molecule has 6 rings (SSSR count). The van der Waals surface area contributed by atoms with Crippen LogP contribution in [0.2, 0.25) is 0 Å². The highest BCUT2D eigenvalue weighted by molar-refractivity contribution is 5.94. The summed E-state index contributed by atoms with van der Waals surface area (Å²) in [5.74, 6) is -0.326. The molecule has 1 fully saturated rings. The van der Waals surface area contributed by atoms with Gasteiger partial charge in [0.2, 0.25) is 11.8 Å². The van der Waals surface area contributed by atoms with E-state index in [-0.39, 0.29) is 23.7 Å². The molecule has 190 valence electrons. The van der Waals surface area contributed by atoms with E-state index in [4.69, 9.17) is 0 Å². The van der Waals surface area contributed by atoms with Gasteiger partial charge in [0, 0.05) is 59.1 Å². The SMILES string of the molecule is O=C(NCCNc1cccc2ccccc12)C1CCCCC1C(=O)N1CCc2c([nH]c3ccccc23)C1. The molecule has 0 radical (unpaired) electrons. The van der Waals surface area contributed by atoms with E-state index >= 15 is 0 Å². The number of hydrogen-bond donors (Lipinski definition) is 3. The van der Waals surface area contributed by atoms with Gasteiger partial charge in [-0.2, -0.15) is 0 Å². The number of rotatable bonds is 6. The first-order chi connectivity index (χ1) is 18.2. The third-order valence-electron chi connectivity index (χ3n) is 8.14. The maximum absolute atomic E-state index is 13.7. The summed E-state index contributed by atoms with van der Waals surface area (Å²) in [5.41, 5.74) is 4.67. The molecule has 1 aromatic heterocycles. The van der Waals surface area contributed by atoms with Crippen molar-refractivity contribution < 1.29 is 9.59 Å². The van der Waals surface area contributed by atoms with Crippen molar-refractivity contribution >= 4 is 39.2 Å². The van der Waals surface area contributed by atoms with Crippen molar-refractivity contribution in [2.75, 3.05) is 25.0 Å². The van der Waals surface area contributed by atoms with Crippen molar-refractivity contribution in [1.82, 2.24) is 15.2 Å². The molecule has 2 unspecified atom stereocenters. The van der Waals surface area contributed by atoms with E-state index in [2.05, 4.69) is 58.1 Å². The maximum atomic E-state index is 13.7. The van der Waals surface area contributed by atoms with Crippen LogP contribution in [0.1, 0.15) is 36.9 Å². The molecule has 2 heterocycles. The number of carbonyl (C=O) groups is 2. The van der Waals surface area contributed by atoms with Crippen molar-refractivity contribution in [3.63, 3.8) is 0 Å². The first-order valence-electron chi connectivity index (χ1n) is 13.6. The maximum Gasteiger partial charge on any atom is 0.226 e. The minimum atomic E-state index is -0.247. The number of aromatic nitrogens is 1. The van der Waals surface area contributed by atoms with Crippen molar-refractivity contribution in [2.45, 2.75) is 38.6 Å². The fourth-order valence-corrected chi connectivity index (χ4v) is 6.25. The van der Waals surface area contributed by atoms with Crippen LogP contribution >= 0.6 is 0 Å². The predicted molar refractivity (Wildman–Crippen MR) is 148 cm³/mol. The third kappa shape index (κ3) is 4.68. The molecular weight excluding hydrogens is 460 g/mol. The molecule has 3 aromatic carbocycles. The second-order valence-corrected chi connectivity index (χ2v) is 10.4. The van der Waals surface area contributed by atoms with Crippen LogP contribution in [-0.2, 0) is 22.6 Å². The number of fused-ring (bicyclic) bond motifs is 4. The summed E-state index contributed by atoms with van der Waals surface area (Å²) in [6.07, 6.45) is 4.44. The largest absolute Gasteiger partial charge is 0.383 e. The van der Waals surface area contributed by atoms with Crippen LogP contribution in [0, 0.1) is 11.8 Å². The lowest BCUT2D eigenvalue weighted by atomic mass is 9.77. The Morgan fingerprint density at radius 3 is 2.51 bits per heavy atom. The minimum Gasteiger partial charge on any atom is -0.383 e. The lowest BCUT2D eigenvalue weighted by Crippen LogP contribution is -2.47. The number of para-hydroxylation sites is 1. The lowest BCUT2D eigenvalue weighted by molar-refractivity contribution is -0.144. The molecule has 2 atom stereocenters. The number of H-pyrrole nitrogens is 1. The number of benzene rings is 3. The van der Waals surface area contributed by atoms with E-state index in [0.717, 1.165) is 49.0 Å². The van der Waals surface area contributed by atoms with Gasteiger partial charge in [0.15, 0.2) is 0 Å². The molecule has 2 amide bonds. The number of nitrogens with one attached hydrogen (secondary N) is 3. The number of nitrogens with zero attached hydrogens (tertiary/aromatic N) is 1. The Bertz CT molecular complexity index is 1440. The summed E-state index contributed by atoms with van der Waals surface area (Å²) in [5, 5.41) is 10.2. The van der Waals surface area contributed by atoms with Gasteiger partial charge in [-0.3, -0.25) is 9.59 Å². The van der Waals surface area contributed by atoms with Crippen molar-refractivity contribution in [3.05, 3.63) is 78.0 Å². The molecule has 1 saturated carbocycles. The smallest absolute Gasteiger partial charge is 0.226 e. The van der Waals surface area contributed by atoms with E-state index in [1.807, 2.05) is 29.2 Å². The Morgan fingerprint density at radius 1 is 0.865 bits per heavy atom. The van der Waals surface area contributed by atoms with Crippen LogP contribution in [0.5, 0.6) is 0 Å². The Hall–Kier alpha value is -3.80. The van der Waals surface area contributed by atoms with Crippen LogP contribution in [0.25, 0.3) is 21.7 Å². The normalized spacial score (nSPS) is 19.5. The summed E-state index contributed by atoms with van der Waals surface area (Å²) in [4.78, 5) is 32.4. The Labute approximate surface area is 217 Å². The van der Waals surface area contributed by atoms with E-state index in [9.17, 15) is 9.59 Å². The van der Waals surface area contributed by atoms with Gasteiger partial charge in [-0.25, -0.2) is 0 Å². The first kappa shape index (κ1) is 23.6. The van der Waals surface area contributed by atoms with E-state index in [1.54, 1.807) is 0 Å². The van der Waals surface area contributed by atoms with Gasteiger partial charge < -0.3 is 20.5 Å². The highest BCUT2D eigenvalue weighted by atomic mass is 16.2. The van der Waals surface area contributed by atoms with Crippen molar-refractivity contribution in [1.29, 1.82) is 0 Å². The van der Waals surface area contributed by atoms with Gasteiger partial charge in [-0.1, -0.05) is 67.4 Å². The highest BCUT2D eigenvalue weighted by Gasteiger charge is 2.38. The quantitative estimate of drug-likeness (QED) is 0.321. The van der Waals surface area contributed by atoms with E-state index in [0.29, 0.717) is 26.2 Å². The molecule has 2 aliphatic rings. The average Bonchev–Trinajstić information content (AvgIpc) is 3.33. The van der Waals surface area contributed by atoms with Gasteiger partial charge >= 0.3 is 0 Å². The molecule has 6 heteroatoms. The van der Waals surface area contributed by atoms with Crippen LogP contribution in [0.15, 0.2) is 66.7 Å². The van der Waals surface area contributed by atoms with Gasteiger partial charge in [-0.15, -0.1) is 0 Å². The van der Waals surface area contributed by atoms with Crippen LogP contribution in [0.4, 0.5) is 5.69 Å². The second-order valence-electron chi connectivity index (χ2n) is 10.4. The highest BCUT2D eigenvalue weighted by Crippen LogP contribution is 2.34. The fraction of sp³-hybridized carbons (Fsp3) is 0.355. The Balaban J connectivity index is 1.07. The van der Waals surface area contributed by atoms with Gasteiger partial charge in [0.05, 0.1) is 6.54 Å². The Kier molecular flexibility index (Phi) is 6.56. The predicted octanol–water partition coefficient (Wildman–Crippen LogP) is 5.24. The van der Waals surface area contributed by atoms with Crippen molar-refractivity contribution in [2.24, 2.45) is 11.8 Å². The lowest BCUT2D eigenvalue weighted by Gasteiger charge is -2.35. The van der Waals surface area contributed by atoms with Crippen molar-refractivity contribution in [3.8, 4) is 0 Å². The standard InChI is InChI=1S/C31H34N4O2/c36-30(33-18-17-32-27-15-7-9-21-8-1-2-10-22(21)27)25-12-3-4-13-26(25)31(37)35-19-16-24-23-11-5-6-14-28(23)34-29(24)20-35/h1-2,5-11,14-15,25-26,32,34H,3-4,12-13,16-20H2,(H,33,36). The number of hydrogen-bond acceptors (Lipinski definition) is 3. The monoisotopic (exact) mass is 494 g/mol. The molecule has 4 aromatic rings. The molecule has 0 spiro atoms. The summed E-state index contributed by atoms with van der Waals surface area (Å²) >= 11 is 0. The minimum absolute atomic E-state index is 0.0149. The Morgan fingerprint density at radius 2 is 1.62 bits per heavy atom. The van der Waals surface area contributed by atoms with E-state index in [1.165, 1.54) is 21.7 Å².